The first-order valence-corrected chi connectivity index (χ1v) is 6.87. The topological polar surface area (TPSA) is 41.1 Å². The number of carbonyl (C=O) groups excluding carboxylic acids is 1. The molecule has 1 aromatic carbocycles. The predicted octanol–water partition coefficient (Wildman–Crippen LogP) is 2.88. The van der Waals surface area contributed by atoms with E-state index in [0.717, 1.165) is 19.4 Å². The number of halogens is 3. The molecular formula is C13H17BrClFN2O. The van der Waals surface area contributed by atoms with Gasteiger partial charge in [0.2, 0.25) is 0 Å². The molecule has 1 heterocycles. The van der Waals surface area contributed by atoms with Crippen molar-refractivity contribution in [1.29, 1.82) is 0 Å². The van der Waals surface area contributed by atoms with Gasteiger partial charge in [-0.05, 0) is 54.4 Å². The first-order valence-electron chi connectivity index (χ1n) is 6.08. The molecule has 0 saturated carbocycles. The van der Waals surface area contributed by atoms with Crippen LogP contribution in [0, 0.1) is 5.82 Å². The summed E-state index contributed by atoms with van der Waals surface area (Å²) in [5.41, 5.74) is 0.0790. The zero-order valence-corrected chi connectivity index (χ0v) is 13.0. The smallest absolute Gasteiger partial charge is 0.255 e. The van der Waals surface area contributed by atoms with Gasteiger partial charge >= 0.3 is 0 Å². The Kier molecular flexibility index (Phi) is 6.23. The molecular weight excluding hydrogens is 335 g/mol. The summed E-state index contributed by atoms with van der Waals surface area (Å²) < 4.78 is 14.1. The fourth-order valence-electron chi connectivity index (χ4n) is 2.20. The Morgan fingerprint density at radius 1 is 1.53 bits per heavy atom. The molecule has 0 aromatic heterocycles. The molecule has 2 unspecified atom stereocenters. The molecule has 2 rings (SSSR count). The molecule has 1 amide bonds. The number of nitrogens with one attached hydrogen (secondary N) is 2. The van der Waals surface area contributed by atoms with Gasteiger partial charge in [0.25, 0.3) is 5.91 Å². The van der Waals surface area contributed by atoms with Crippen LogP contribution in [0.4, 0.5) is 4.39 Å². The standard InChI is InChI=1S/C13H16BrFN2O.ClH/c1-8-11(6-3-7-16-8)17-13(18)12-9(14)4-2-5-10(12)15;/h2,4-5,8,11,16H,3,6-7H2,1H3,(H,17,18);1H. The van der Waals surface area contributed by atoms with Crippen LogP contribution in [0.15, 0.2) is 22.7 Å². The van der Waals surface area contributed by atoms with E-state index in [9.17, 15) is 9.18 Å². The highest BCUT2D eigenvalue weighted by atomic mass is 79.9. The number of hydrogen-bond donors (Lipinski definition) is 2. The summed E-state index contributed by atoms with van der Waals surface area (Å²) in [4.78, 5) is 12.1. The van der Waals surface area contributed by atoms with E-state index < -0.39 is 5.82 Å². The van der Waals surface area contributed by atoms with Crippen LogP contribution in [-0.2, 0) is 0 Å². The second-order valence-electron chi connectivity index (χ2n) is 4.56. The average Bonchev–Trinajstić information content (AvgIpc) is 2.32. The lowest BCUT2D eigenvalue weighted by atomic mass is 9.99. The third kappa shape index (κ3) is 3.91. The van der Waals surface area contributed by atoms with Crippen LogP contribution in [0.3, 0.4) is 0 Å². The van der Waals surface area contributed by atoms with Crippen LogP contribution in [0.1, 0.15) is 30.1 Å². The first kappa shape index (κ1) is 16.4. The van der Waals surface area contributed by atoms with E-state index >= 15 is 0 Å². The number of carbonyl (C=O) groups is 1. The van der Waals surface area contributed by atoms with Gasteiger partial charge in [-0.25, -0.2) is 4.39 Å². The molecule has 19 heavy (non-hydrogen) atoms. The van der Waals surface area contributed by atoms with Gasteiger partial charge < -0.3 is 10.6 Å². The molecule has 1 aliphatic rings. The minimum atomic E-state index is -0.502. The van der Waals surface area contributed by atoms with Crippen molar-refractivity contribution in [1.82, 2.24) is 10.6 Å². The lowest BCUT2D eigenvalue weighted by molar-refractivity contribution is 0.0915. The normalized spacial score (nSPS) is 22.5. The van der Waals surface area contributed by atoms with Gasteiger partial charge in [0, 0.05) is 16.6 Å². The largest absolute Gasteiger partial charge is 0.348 e. The van der Waals surface area contributed by atoms with Crippen molar-refractivity contribution in [2.75, 3.05) is 6.54 Å². The molecule has 1 fully saturated rings. The minimum Gasteiger partial charge on any atom is -0.348 e. The van der Waals surface area contributed by atoms with E-state index in [1.165, 1.54) is 6.07 Å². The number of hydrogen-bond acceptors (Lipinski definition) is 2. The molecule has 6 heteroatoms. The highest BCUT2D eigenvalue weighted by Crippen LogP contribution is 2.20. The zero-order valence-electron chi connectivity index (χ0n) is 10.6. The lowest BCUT2D eigenvalue weighted by Gasteiger charge is -2.30. The van der Waals surface area contributed by atoms with E-state index in [0.29, 0.717) is 4.47 Å². The third-order valence-electron chi connectivity index (χ3n) is 3.27. The van der Waals surface area contributed by atoms with Crippen molar-refractivity contribution in [2.45, 2.75) is 31.8 Å². The van der Waals surface area contributed by atoms with Crippen molar-refractivity contribution in [3.8, 4) is 0 Å². The highest BCUT2D eigenvalue weighted by molar-refractivity contribution is 9.10. The summed E-state index contributed by atoms with van der Waals surface area (Å²) in [6.07, 6.45) is 1.94. The van der Waals surface area contributed by atoms with Crippen LogP contribution in [0.2, 0.25) is 0 Å². The Balaban J connectivity index is 0.00000180. The van der Waals surface area contributed by atoms with Crippen molar-refractivity contribution in [3.05, 3.63) is 34.1 Å². The number of amides is 1. The van der Waals surface area contributed by atoms with Gasteiger partial charge in [0.1, 0.15) is 5.82 Å². The monoisotopic (exact) mass is 350 g/mol. The SMILES string of the molecule is CC1NCCCC1NC(=O)c1c(F)cccc1Br.Cl. The van der Waals surface area contributed by atoms with Crippen LogP contribution in [-0.4, -0.2) is 24.5 Å². The summed E-state index contributed by atoms with van der Waals surface area (Å²) in [5.74, 6) is -0.862. The van der Waals surface area contributed by atoms with Gasteiger partial charge in [0.05, 0.1) is 5.56 Å². The summed E-state index contributed by atoms with van der Waals surface area (Å²) in [5, 5.41) is 6.19. The van der Waals surface area contributed by atoms with Crippen molar-refractivity contribution in [3.63, 3.8) is 0 Å². The number of piperidine rings is 1. The Morgan fingerprint density at radius 2 is 2.26 bits per heavy atom. The second-order valence-corrected chi connectivity index (χ2v) is 5.42. The van der Waals surface area contributed by atoms with E-state index in [-0.39, 0.29) is 36.0 Å². The molecule has 0 bridgehead atoms. The maximum atomic E-state index is 13.6. The van der Waals surface area contributed by atoms with E-state index in [4.69, 9.17) is 0 Å². The minimum absolute atomic E-state index is 0. The van der Waals surface area contributed by atoms with E-state index in [1.807, 2.05) is 6.92 Å². The van der Waals surface area contributed by atoms with E-state index in [2.05, 4.69) is 26.6 Å². The summed E-state index contributed by atoms with van der Waals surface area (Å²) in [7, 11) is 0. The number of benzene rings is 1. The quantitative estimate of drug-likeness (QED) is 0.860. The van der Waals surface area contributed by atoms with Crippen molar-refractivity contribution < 1.29 is 9.18 Å². The van der Waals surface area contributed by atoms with Crippen LogP contribution in [0.25, 0.3) is 0 Å². The van der Waals surface area contributed by atoms with E-state index in [1.54, 1.807) is 12.1 Å². The van der Waals surface area contributed by atoms with Crippen molar-refractivity contribution in [2.24, 2.45) is 0 Å². The Morgan fingerprint density at radius 3 is 2.89 bits per heavy atom. The first-order chi connectivity index (χ1) is 8.59. The molecule has 2 N–H and O–H groups in total. The van der Waals surface area contributed by atoms with Gasteiger partial charge in [-0.1, -0.05) is 6.07 Å². The Hall–Kier alpha value is -0.650. The Bertz CT molecular complexity index is 438. The van der Waals surface area contributed by atoms with Crippen LogP contribution >= 0.6 is 28.3 Å². The average molecular weight is 352 g/mol. The molecule has 3 nitrogen and oxygen atoms in total. The van der Waals surface area contributed by atoms with Gasteiger partial charge in [0.15, 0.2) is 0 Å². The molecule has 106 valence electrons. The molecule has 1 saturated heterocycles. The third-order valence-corrected chi connectivity index (χ3v) is 3.93. The number of rotatable bonds is 2. The van der Waals surface area contributed by atoms with Gasteiger partial charge in [-0.2, -0.15) is 0 Å². The Labute approximate surface area is 126 Å². The molecule has 0 spiro atoms. The zero-order chi connectivity index (χ0) is 13.1. The highest BCUT2D eigenvalue weighted by Gasteiger charge is 2.24. The lowest BCUT2D eigenvalue weighted by Crippen LogP contribution is -2.52. The summed E-state index contributed by atoms with van der Waals surface area (Å²) >= 11 is 3.21. The summed E-state index contributed by atoms with van der Waals surface area (Å²) in [6, 6.07) is 4.80. The second kappa shape index (κ2) is 7.22. The fourth-order valence-corrected chi connectivity index (χ4v) is 2.72. The molecule has 1 aliphatic heterocycles. The summed E-state index contributed by atoms with van der Waals surface area (Å²) in [6.45, 7) is 3.00. The van der Waals surface area contributed by atoms with Crippen LogP contribution in [0.5, 0.6) is 0 Å². The van der Waals surface area contributed by atoms with Gasteiger partial charge in [-0.3, -0.25) is 4.79 Å². The predicted molar refractivity (Wildman–Crippen MR) is 79.3 cm³/mol. The van der Waals surface area contributed by atoms with Crippen LogP contribution < -0.4 is 10.6 Å². The maximum absolute atomic E-state index is 13.6. The van der Waals surface area contributed by atoms with Gasteiger partial charge in [-0.15, -0.1) is 12.4 Å². The molecule has 1 aromatic rings. The van der Waals surface area contributed by atoms with Crippen molar-refractivity contribution >= 4 is 34.2 Å². The molecule has 2 atom stereocenters. The molecule has 0 aliphatic carbocycles. The maximum Gasteiger partial charge on any atom is 0.255 e. The fraction of sp³-hybridized carbons (Fsp3) is 0.462. The molecule has 0 radical (unpaired) electrons.